The Bertz CT molecular complexity index is 515. The Morgan fingerprint density at radius 1 is 1.42 bits per heavy atom. The van der Waals surface area contributed by atoms with Gasteiger partial charge in [-0.3, -0.25) is 4.79 Å². The lowest BCUT2D eigenvalue weighted by atomic mass is 10.1. The largest absolute Gasteiger partial charge is 0.349 e. The van der Waals surface area contributed by atoms with Crippen molar-refractivity contribution in [2.45, 2.75) is 26.8 Å². The van der Waals surface area contributed by atoms with E-state index in [0.717, 1.165) is 0 Å². The zero-order chi connectivity index (χ0) is 14.4. The molecule has 1 atom stereocenters. The minimum Gasteiger partial charge on any atom is -0.349 e. The SMILES string of the molecule is CC(C)C(C)NC(=O)c1ccc(C#CCN)c(F)c1. The smallest absolute Gasteiger partial charge is 0.251 e. The van der Waals surface area contributed by atoms with Crippen LogP contribution in [0.4, 0.5) is 4.39 Å². The van der Waals surface area contributed by atoms with Crippen molar-refractivity contribution in [1.29, 1.82) is 0 Å². The summed E-state index contributed by atoms with van der Waals surface area (Å²) in [7, 11) is 0. The Morgan fingerprint density at radius 3 is 2.63 bits per heavy atom. The van der Waals surface area contributed by atoms with E-state index < -0.39 is 5.82 Å². The molecule has 0 heterocycles. The quantitative estimate of drug-likeness (QED) is 0.818. The van der Waals surface area contributed by atoms with Crippen LogP contribution >= 0.6 is 0 Å². The van der Waals surface area contributed by atoms with Gasteiger partial charge in [0.05, 0.1) is 12.1 Å². The van der Waals surface area contributed by atoms with Crippen LogP contribution < -0.4 is 11.1 Å². The molecule has 0 saturated carbocycles. The summed E-state index contributed by atoms with van der Waals surface area (Å²) in [5.74, 6) is 4.73. The Balaban J connectivity index is 2.86. The minimum atomic E-state index is -0.509. The lowest BCUT2D eigenvalue weighted by Gasteiger charge is -2.17. The van der Waals surface area contributed by atoms with Gasteiger partial charge < -0.3 is 11.1 Å². The van der Waals surface area contributed by atoms with Gasteiger partial charge in [-0.2, -0.15) is 0 Å². The van der Waals surface area contributed by atoms with Crippen molar-refractivity contribution in [3.05, 3.63) is 35.1 Å². The fourth-order valence-electron chi connectivity index (χ4n) is 1.36. The molecule has 1 rings (SSSR count). The number of carbonyl (C=O) groups is 1. The molecule has 1 aromatic rings. The maximum absolute atomic E-state index is 13.7. The molecule has 102 valence electrons. The first-order valence-corrected chi connectivity index (χ1v) is 6.25. The molecule has 0 spiro atoms. The van der Waals surface area contributed by atoms with Crippen molar-refractivity contribution in [3.8, 4) is 11.8 Å². The molecule has 1 aromatic carbocycles. The standard InChI is InChI=1S/C15H19FN2O/c1-10(2)11(3)18-15(19)13-7-6-12(5-4-8-17)14(16)9-13/h6-7,9-11H,8,17H2,1-3H3,(H,18,19). The van der Waals surface area contributed by atoms with Gasteiger partial charge in [-0.1, -0.05) is 25.7 Å². The van der Waals surface area contributed by atoms with E-state index in [4.69, 9.17) is 5.73 Å². The Kier molecular flexibility index (Phi) is 5.53. The van der Waals surface area contributed by atoms with Crippen molar-refractivity contribution in [2.24, 2.45) is 11.7 Å². The Hall–Kier alpha value is -1.86. The van der Waals surface area contributed by atoms with Crippen molar-refractivity contribution in [3.63, 3.8) is 0 Å². The van der Waals surface area contributed by atoms with Gasteiger partial charge in [0.25, 0.3) is 5.91 Å². The second kappa shape index (κ2) is 6.91. The average molecular weight is 262 g/mol. The second-order valence-corrected chi connectivity index (χ2v) is 4.71. The third kappa shape index (κ3) is 4.38. The van der Waals surface area contributed by atoms with E-state index in [1.165, 1.54) is 12.1 Å². The number of amides is 1. The molecule has 0 bridgehead atoms. The van der Waals surface area contributed by atoms with E-state index in [-0.39, 0.29) is 24.1 Å². The molecule has 3 nitrogen and oxygen atoms in total. The lowest BCUT2D eigenvalue weighted by Crippen LogP contribution is -2.36. The van der Waals surface area contributed by atoms with Gasteiger partial charge in [0.2, 0.25) is 0 Å². The summed E-state index contributed by atoms with van der Waals surface area (Å²) in [5.41, 5.74) is 5.77. The zero-order valence-electron chi connectivity index (χ0n) is 11.5. The maximum Gasteiger partial charge on any atom is 0.251 e. The first-order chi connectivity index (χ1) is 8.95. The number of halogens is 1. The van der Waals surface area contributed by atoms with Gasteiger partial charge in [-0.15, -0.1) is 0 Å². The van der Waals surface area contributed by atoms with Crippen LogP contribution in [0.5, 0.6) is 0 Å². The molecule has 3 N–H and O–H groups in total. The van der Waals surface area contributed by atoms with E-state index in [2.05, 4.69) is 17.2 Å². The van der Waals surface area contributed by atoms with Gasteiger partial charge in [-0.05, 0) is 31.0 Å². The van der Waals surface area contributed by atoms with Crippen LogP contribution in [0.2, 0.25) is 0 Å². The Labute approximate surface area is 113 Å². The molecule has 0 aromatic heterocycles. The van der Waals surface area contributed by atoms with Gasteiger partial charge >= 0.3 is 0 Å². The molecule has 0 radical (unpaired) electrons. The molecule has 0 aliphatic rings. The molecule has 0 fully saturated rings. The number of nitrogens with one attached hydrogen (secondary N) is 1. The van der Waals surface area contributed by atoms with Crippen LogP contribution in [0, 0.1) is 23.6 Å². The summed E-state index contributed by atoms with van der Waals surface area (Å²) in [4.78, 5) is 11.9. The third-order valence-corrected chi connectivity index (χ3v) is 2.92. The summed E-state index contributed by atoms with van der Waals surface area (Å²) in [6.07, 6.45) is 0. The monoisotopic (exact) mass is 262 g/mol. The van der Waals surface area contributed by atoms with Gasteiger partial charge in [0.1, 0.15) is 5.82 Å². The highest BCUT2D eigenvalue weighted by Gasteiger charge is 2.13. The summed E-state index contributed by atoms with van der Waals surface area (Å²) in [6.45, 7) is 6.11. The maximum atomic E-state index is 13.7. The predicted molar refractivity (Wildman–Crippen MR) is 74.1 cm³/mol. The van der Waals surface area contributed by atoms with E-state index in [0.29, 0.717) is 11.5 Å². The highest BCUT2D eigenvalue weighted by molar-refractivity contribution is 5.94. The second-order valence-electron chi connectivity index (χ2n) is 4.71. The molecule has 0 saturated heterocycles. The summed E-state index contributed by atoms with van der Waals surface area (Å²) < 4.78 is 13.7. The number of hydrogen-bond donors (Lipinski definition) is 2. The van der Waals surface area contributed by atoms with Crippen LogP contribution in [-0.2, 0) is 0 Å². The first-order valence-electron chi connectivity index (χ1n) is 6.25. The van der Waals surface area contributed by atoms with Crippen LogP contribution in [0.1, 0.15) is 36.7 Å². The van der Waals surface area contributed by atoms with Crippen molar-refractivity contribution < 1.29 is 9.18 Å². The summed E-state index contributed by atoms with van der Waals surface area (Å²) in [6, 6.07) is 4.29. The van der Waals surface area contributed by atoms with Crippen LogP contribution in [0.25, 0.3) is 0 Å². The highest BCUT2D eigenvalue weighted by Crippen LogP contribution is 2.10. The number of nitrogens with two attached hydrogens (primary N) is 1. The highest BCUT2D eigenvalue weighted by atomic mass is 19.1. The molecular weight excluding hydrogens is 243 g/mol. The fourth-order valence-corrected chi connectivity index (χ4v) is 1.36. The predicted octanol–water partition coefficient (Wildman–Crippen LogP) is 1.91. The molecule has 1 unspecified atom stereocenters. The topological polar surface area (TPSA) is 55.1 Å². The van der Waals surface area contributed by atoms with E-state index >= 15 is 0 Å². The number of carbonyl (C=O) groups excluding carboxylic acids is 1. The molecular formula is C15H19FN2O. The van der Waals surface area contributed by atoms with Crippen LogP contribution in [-0.4, -0.2) is 18.5 Å². The number of benzene rings is 1. The van der Waals surface area contributed by atoms with E-state index in [1.807, 2.05) is 20.8 Å². The van der Waals surface area contributed by atoms with E-state index in [1.54, 1.807) is 6.07 Å². The minimum absolute atomic E-state index is 0.0345. The summed E-state index contributed by atoms with van der Waals surface area (Å²) >= 11 is 0. The number of rotatable bonds is 3. The average Bonchev–Trinajstić information content (AvgIpc) is 2.36. The summed E-state index contributed by atoms with van der Waals surface area (Å²) in [5, 5.41) is 2.82. The van der Waals surface area contributed by atoms with Gasteiger partial charge in [0, 0.05) is 11.6 Å². The third-order valence-electron chi connectivity index (χ3n) is 2.92. The fraction of sp³-hybridized carbons (Fsp3) is 0.400. The first kappa shape index (κ1) is 15.2. The van der Waals surface area contributed by atoms with Crippen molar-refractivity contribution >= 4 is 5.91 Å². The van der Waals surface area contributed by atoms with Gasteiger partial charge in [0.15, 0.2) is 0 Å². The molecule has 19 heavy (non-hydrogen) atoms. The zero-order valence-corrected chi connectivity index (χ0v) is 11.5. The molecule has 0 aliphatic carbocycles. The van der Waals surface area contributed by atoms with Crippen molar-refractivity contribution in [2.75, 3.05) is 6.54 Å². The van der Waals surface area contributed by atoms with Crippen molar-refractivity contribution in [1.82, 2.24) is 5.32 Å². The molecule has 4 heteroatoms. The molecule has 1 amide bonds. The van der Waals surface area contributed by atoms with Crippen LogP contribution in [0.15, 0.2) is 18.2 Å². The lowest BCUT2D eigenvalue weighted by molar-refractivity contribution is 0.0930. The van der Waals surface area contributed by atoms with Crippen LogP contribution in [0.3, 0.4) is 0 Å². The number of hydrogen-bond acceptors (Lipinski definition) is 2. The van der Waals surface area contributed by atoms with E-state index in [9.17, 15) is 9.18 Å². The van der Waals surface area contributed by atoms with Gasteiger partial charge in [-0.25, -0.2) is 4.39 Å². The normalized spacial score (nSPS) is 11.7. The molecule has 0 aliphatic heterocycles. The Morgan fingerprint density at radius 2 is 2.11 bits per heavy atom.